The minimum absolute atomic E-state index is 0.106. The number of pyridine rings is 1. The molecule has 29 heavy (non-hydrogen) atoms. The average Bonchev–Trinajstić information content (AvgIpc) is 2.58. The van der Waals surface area contributed by atoms with Gasteiger partial charge >= 0.3 is 0 Å². The first kappa shape index (κ1) is 21.4. The van der Waals surface area contributed by atoms with E-state index in [2.05, 4.69) is 52.6 Å². The predicted octanol–water partition coefficient (Wildman–Crippen LogP) is 7.11. The standard InChI is InChI=1S/C25H29ClN2O/c1-14-11-15(2)22(20-19(26)9-10-27-21(14)20)28-16-12-17(24(3,4)5)23(29)18(13-16)25(6,7)8/h9-13H,1-8H3. The van der Waals surface area contributed by atoms with E-state index in [4.69, 9.17) is 16.6 Å². The van der Waals surface area contributed by atoms with Crippen molar-refractivity contribution in [3.63, 3.8) is 0 Å². The summed E-state index contributed by atoms with van der Waals surface area (Å²) in [6.07, 6.45) is 5.57. The molecule has 0 spiro atoms. The van der Waals surface area contributed by atoms with Gasteiger partial charge in [0.1, 0.15) is 0 Å². The molecule has 0 fully saturated rings. The third-order valence-electron chi connectivity index (χ3n) is 5.25. The van der Waals surface area contributed by atoms with Gasteiger partial charge in [0.2, 0.25) is 0 Å². The van der Waals surface area contributed by atoms with Crippen molar-refractivity contribution in [1.29, 1.82) is 0 Å². The molecule has 0 saturated heterocycles. The maximum Gasteiger partial charge on any atom is 0.186 e. The highest BCUT2D eigenvalue weighted by Crippen LogP contribution is 2.39. The van der Waals surface area contributed by atoms with Gasteiger partial charge in [-0.15, -0.1) is 0 Å². The molecule has 1 aliphatic carbocycles. The van der Waals surface area contributed by atoms with E-state index < -0.39 is 0 Å². The predicted molar refractivity (Wildman–Crippen MR) is 123 cm³/mol. The van der Waals surface area contributed by atoms with Gasteiger partial charge in [-0.05, 0) is 54.0 Å². The summed E-state index contributed by atoms with van der Waals surface area (Å²) in [4.78, 5) is 22.7. The molecule has 0 unspecified atom stereocenters. The number of aromatic nitrogens is 1. The lowest BCUT2D eigenvalue weighted by atomic mass is 9.72. The summed E-state index contributed by atoms with van der Waals surface area (Å²) in [7, 11) is 0. The Bertz CT molecular complexity index is 1070. The normalized spacial score (nSPS) is 15.5. The number of aryl methyl sites for hydroxylation is 2. The Balaban J connectivity index is 2.33. The molecule has 1 aromatic carbocycles. The molecule has 0 saturated carbocycles. The van der Waals surface area contributed by atoms with Crippen molar-refractivity contribution < 1.29 is 4.79 Å². The number of allylic oxidation sites excluding steroid dienone is 4. The van der Waals surface area contributed by atoms with Crippen molar-refractivity contribution in [2.45, 2.75) is 55.4 Å². The highest BCUT2D eigenvalue weighted by molar-refractivity contribution is 6.36. The number of aliphatic imine (C=N–C) groups is 1. The Kier molecular flexibility index (Phi) is 5.33. The fourth-order valence-electron chi connectivity index (χ4n) is 3.69. The van der Waals surface area contributed by atoms with Gasteiger partial charge in [-0.25, -0.2) is 4.99 Å². The number of fused-ring (bicyclic) bond motifs is 1. The van der Waals surface area contributed by atoms with Gasteiger partial charge in [-0.2, -0.15) is 0 Å². The van der Waals surface area contributed by atoms with Crippen LogP contribution in [0.3, 0.4) is 0 Å². The quantitative estimate of drug-likeness (QED) is 0.472. The van der Waals surface area contributed by atoms with Gasteiger partial charge < -0.3 is 0 Å². The van der Waals surface area contributed by atoms with E-state index in [9.17, 15) is 4.79 Å². The molecule has 1 aromatic heterocycles. The van der Waals surface area contributed by atoms with Crippen LogP contribution in [0.25, 0.3) is 10.9 Å². The summed E-state index contributed by atoms with van der Waals surface area (Å²) in [6.45, 7) is 16.4. The zero-order valence-corrected chi connectivity index (χ0v) is 19.3. The number of carbonyl (C=O) groups excluding carboxylic acids is 1. The molecule has 0 radical (unpaired) electrons. The third kappa shape index (κ3) is 4.06. The number of rotatable bonds is 1. The zero-order valence-electron chi connectivity index (χ0n) is 18.6. The van der Waals surface area contributed by atoms with Crippen LogP contribution in [0.15, 0.2) is 46.6 Å². The number of Topliss-reactive ketones (excluding diaryl/α,β-unsaturated/α-hetero) is 1. The number of halogens is 1. The van der Waals surface area contributed by atoms with Crippen molar-refractivity contribution in [1.82, 2.24) is 4.98 Å². The molecule has 0 N–H and O–H groups in total. The van der Waals surface area contributed by atoms with E-state index >= 15 is 0 Å². The number of hydrogen-bond donors (Lipinski definition) is 0. The third-order valence-corrected chi connectivity index (χ3v) is 5.56. The number of nitrogens with zero attached hydrogens (tertiary/aromatic N) is 2. The van der Waals surface area contributed by atoms with Gasteiger partial charge in [0.15, 0.2) is 5.78 Å². The maximum atomic E-state index is 13.2. The average molecular weight is 409 g/mol. The molecule has 0 amide bonds. The molecule has 0 aliphatic heterocycles. The molecular weight excluding hydrogens is 380 g/mol. The van der Waals surface area contributed by atoms with Crippen molar-refractivity contribution in [3.05, 3.63) is 57.8 Å². The number of hydrogen-bond acceptors (Lipinski definition) is 3. The summed E-state index contributed by atoms with van der Waals surface area (Å²) in [6, 6.07) is 3.88. The van der Waals surface area contributed by atoms with E-state index in [-0.39, 0.29) is 16.6 Å². The Morgan fingerprint density at radius 2 is 1.48 bits per heavy atom. The molecule has 152 valence electrons. The van der Waals surface area contributed by atoms with Gasteiger partial charge in [0.05, 0.1) is 21.9 Å². The van der Waals surface area contributed by atoms with Crippen LogP contribution in [-0.2, 0) is 4.79 Å². The summed E-state index contributed by atoms with van der Waals surface area (Å²) in [5, 5.41) is 1.49. The summed E-state index contributed by atoms with van der Waals surface area (Å²) in [5.74, 6) is 0.106. The molecule has 4 heteroatoms. The lowest BCUT2D eigenvalue weighted by Crippen LogP contribution is -2.29. The minimum Gasteiger partial charge on any atom is -0.289 e. The Labute approximate surface area is 178 Å². The smallest absolute Gasteiger partial charge is 0.186 e. The van der Waals surface area contributed by atoms with Gasteiger partial charge in [-0.1, -0.05) is 59.2 Å². The second-order valence-corrected chi connectivity index (χ2v) is 10.3. The van der Waals surface area contributed by atoms with E-state index in [1.165, 1.54) is 0 Å². The van der Waals surface area contributed by atoms with Crippen molar-refractivity contribution in [2.24, 2.45) is 15.8 Å². The number of benzene rings is 1. The first-order chi connectivity index (χ1) is 13.3. The van der Waals surface area contributed by atoms with Crippen LogP contribution in [0.2, 0.25) is 5.02 Å². The molecular formula is C25H29ClN2O. The van der Waals surface area contributed by atoms with Gasteiger partial charge in [-0.3, -0.25) is 9.78 Å². The van der Waals surface area contributed by atoms with Crippen LogP contribution >= 0.6 is 11.6 Å². The van der Waals surface area contributed by atoms with Crippen LogP contribution in [-0.4, -0.2) is 16.5 Å². The topological polar surface area (TPSA) is 42.3 Å². The Morgan fingerprint density at radius 3 is 2.00 bits per heavy atom. The van der Waals surface area contributed by atoms with Crippen LogP contribution in [0.5, 0.6) is 0 Å². The fraction of sp³-hybridized carbons (Fsp3) is 0.400. The summed E-state index contributed by atoms with van der Waals surface area (Å²) >= 11 is 6.56. The first-order valence-corrected chi connectivity index (χ1v) is 10.3. The largest absolute Gasteiger partial charge is 0.289 e. The fourth-order valence-corrected chi connectivity index (χ4v) is 3.92. The first-order valence-electron chi connectivity index (χ1n) is 9.93. The van der Waals surface area contributed by atoms with E-state index in [1.54, 1.807) is 12.3 Å². The highest BCUT2D eigenvalue weighted by atomic mass is 35.5. The molecule has 2 aromatic rings. The molecule has 1 aliphatic rings. The van der Waals surface area contributed by atoms with Crippen LogP contribution in [0.4, 0.5) is 5.69 Å². The van der Waals surface area contributed by atoms with Crippen LogP contribution < -0.4 is 0 Å². The van der Waals surface area contributed by atoms with E-state index in [0.717, 1.165) is 44.6 Å². The molecule has 0 atom stereocenters. The van der Waals surface area contributed by atoms with Crippen molar-refractivity contribution in [2.75, 3.05) is 0 Å². The zero-order chi connectivity index (χ0) is 21.7. The van der Waals surface area contributed by atoms with Crippen LogP contribution in [0.1, 0.15) is 52.7 Å². The van der Waals surface area contributed by atoms with Gasteiger partial charge in [0, 0.05) is 22.7 Å². The van der Waals surface area contributed by atoms with E-state index in [1.807, 2.05) is 26.0 Å². The lowest BCUT2D eigenvalue weighted by molar-refractivity contribution is -0.114. The van der Waals surface area contributed by atoms with Gasteiger partial charge in [0.25, 0.3) is 0 Å². The lowest BCUT2D eigenvalue weighted by Gasteiger charge is -2.31. The van der Waals surface area contributed by atoms with Crippen molar-refractivity contribution in [3.8, 4) is 0 Å². The second-order valence-electron chi connectivity index (χ2n) is 9.86. The minimum atomic E-state index is -0.272. The Hall–Kier alpha value is -2.26. The molecule has 3 nitrogen and oxygen atoms in total. The van der Waals surface area contributed by atoms with Crippen LogP contribution in [0, 0.1) is 24.7 Å². The maximum absolute atomic E-state index is 13.2. The van der Waals surface area contributed by atoms with Crippen molar-refractivity contribution >= 4 is 39.7 Å². The molecule has 3 rings (SSSR count). The molecule has 1 heterocycles. The summed E-state index contributed by atoms with van der Waals surface area (Å²) in [5.41, 5.74) is 5.55. The SMILES string of the molecule is Cc1cc(C)c2nccc(Cl)c2c1N=C1C=C(C(C)(C)C)C(=O)C(C(C)(C)C)=C1. The Morgan fingerprint density at radius 1 is 0.931 bits per heavy atom. The van der Waals surface area contributed by atoms with E-state index in [0.29, 0.717) is 5.02 Å². The highest BCUT2D eigenvalue weighted by Gasteiger charge is 2.34. The molecule has 0 bridgehead atoms. The summed E-state index contributed by atoms with van der Waals surface area (Å²) < 4.78 is 0. The number of carbonyl (C=O) groups is 1. The number of ketones is 1. The monoisotopic (exact) mass is 408 g/mol. The second kappa shape index (κ2) is 7.21.